The highest BCUT2D eigenvalue weighted by Gasteiger charge is 2.09. The number of carboxylic acids is 1. The molecule has 0 aliphatic heterocycles. The van der Waals surface area contributed by atoms with Gasteiger partial charge in [-0.05, 0) is 37.1 Å². The molecule has 0 radical (unpaired) electrons. The van der Waals surface area contributed by atoms with Crippen LogP contribution in [0.4, 0.5) is 0 Å². The van der Waals surface area contributed by atoms with E-state index in [1.165, 1.54) is 0 Å². The summed E-state index contributed by atoms with van der Waals surface area (Å²) in [5, 5.41) is 8.84. The maximum Gasteiger partial charge on any atom is 0.335 e. The summed E-state index contributed by atoms with van der Waals surface area (Å²) in [4.78, 5) is 10.8. The normalized spacial score (nSPS) is 9.73. The Morgan fingerprint density at radius 1 is 1.47 bits per heavy atom. The molecule has 3 heteroatoms. The van der Waals surface area contributed by atoms with Gasteiger partial charge in [0.25, 0.3) is 0 Å². The molecule has 80 valence electrons. The quantitative estimate of drug-likeness (QED) is 0.770. The average molecular weight is 206 g/mol. The summed E-state index contributed by atoms with van der Waals surface area (Å²) in [6, 6.07) is 3.21. The number of hydrogen-bond acceptors (Lipinski definition) is 2. The summed E-state index contributed by atoms with van der Waals surface area (Å²) in [6.07, 6.45) is 1.66. The van der Waals surface area contributed by atoms with E-state index in [1.807, 2.05) is 13.8 Å². The van der Waals surface area contributed by atoms with Crippen LogP contribution < -0.4 is 4.74 Å². The molecule has 0 amide bonds. The zero-order valence-electron chi connectivity index (χ0n) is 8.91. The maximum absolute atomic E-state index is 10.8. The fourth-order valence-electron chi connectivity index (χ4n) is 1.44. The lowest BCUT2D eigenvalue weighted by Crippen LogP contribution is -2.02. The van der Waals surface area contributed by atoms with Crippen LogP contribution in [-0.2, 0) is 0 Å². The Kier molecular flexibility index (Phi) is 3.50. The van der Waals surface area contributed by atoms with E-state index in [-0.39, 0.29) is 5.56 Å². The lowest BCUT2D eigenvalue weighted by molar-refractivity contribution is 0.0696. The smallest absolute Gasteiger partial charge is 0.335 e. The Bertz CT molecular complexity index is 371. The first-order valence-corrected chi connectivity index (χ1v) is 4.64. The molecule has 0 heterocycles. The third-order valence-electron chi connectivity index (χ3n) is 2.05. The van der Waals surface area contributed by atoms with Crippen molar-refractivity contribution in [3.63, 3.8) is 0 Å². The first-order valence-electron chi connectivity index (χ1n) is 4.64. The average Bonchev–Trinajstić information content (AvgIpc) is 2.16. The van der Waals surface area contributed by atoms with Crippen LogP contribution in [0.2, 0.25) is 0 Å². The van der Waals surface area contributed by atoms with Crippen molar-refractivity contribution in [1.82, 2.24) is 0 Å². The molecule has 0 spiro atoms. The van der Waals surface area contributed by atoms with Crippen molar-refractivity contribution < 1.29 is 14.6 Å². The Hall–Kier alpha value is -1.77. The third-order valence-corrected chi connectivity index (χ3v) is 2.05. The molecule has 0 aliphatic carbocycles. The largest absolute Gasteiger partial charge is 0.489 e. The number of rotatable bonds is 4. The van der Waals surface area contributed by atoms with Gasteiger partial charge in [0.05, 0.1) is 5.56 Å². The van der Waals surface area contributed by atoms with Gasteiger partial charge in [0, 0.05) is 0 Å². The van der Waals surface area contributed by atoms with Gasteiger partial charge >= 0.3 is 5.97 Å². The van der Waals surface area contributed by atoms with Gasteiger partial charge in [-0.15, -0.1) is 0 Å². The molecule has 0 saturated carbocycles. The molecule has 1 N–H and O–H groups in total. The molecular weight excluding hydrogens is 192 g/mol. The number of aromatic carboxylic acids is 1. The molecule has 3 nitrogen and oxygen atoms in total. The zero-order chi connectivity index (χ0) is 11.4. The molecular formula is C12H14O3. The van der Waals surface area contributed by atoms with Crippen LogP contribution in [0.3, 0.4) is 0 Å². The second-order valence-corrected chi connectivity index (χ2v) is 3.34. The van der Waals surface area contributed by atoms with E-state index in [1.54, 1.807) is 18.2 Å². The molecule has 0 unspecified atom stereocenters. The summed E-state index contributed by atoms with van der Waals surface area (Å²) < 4.78 is 5.44. The molecule has 0 fully saturated rings. The van der Waals surface area contributed by atoms with Crippen LogP contribution in [0.5, 0.6) is 5.75 Å². The Morgan fingerprint density at radius 2 is 2.00 bits per heavy atom. The van der Waals surface area contributed by atoms with Crippen molar-refractivity contribution in [3.8, 4) is 5.75 Å². The van der Waals surface area contributed by atoms with Crippen LogP contribution in [0.15, 0.2) is 24.8 Å². The van der Waals surface area contributed by atoms with E-state index in [2.05, 4.69) is 6.58 Å². The number of ether oxygens (including phenoxy) is 1. The number of carbonyl (C=O) groups is 1. The van der Waals surface area contributed by atoms with Crippen LogP contribution >= 0.6 is 0 Å². The first kappa shape index (κ1) is 11.3. The molecule has 0 atom stereocenters. The minimum Gasteiger partial charge on any atom is -0.489 e. The maximum atomic E-state index is 10.8. The molecule has 0 bridgehead atoms. The van der Waals surface area contributed by atoms with Gasteiger partial charge in [0.2, 0.25) is 0 Å². The minimum atomic E-state index is -0.920. The van der Waals surface area contributed by atoms with E-state index in [0.29, 0.717) is 6.61 Å². The highest BCUT2D eigenvalue weighted by molar-refractivity contribution is 5.88. The number of aryl methyl sites for hydroxylation is 2. The van der Waals surface area contributed by atoms with Gasteiger partial charge in [0.15, 0.2) is 0 Å². The van der Waals surface area contributed by atoms with E-state index in [9.17, 15) is 4.79 Å². The monoisotopic (exact) mass is 206 g/mol. The van der Waals surface area contributed by atoms with E-state index in [4.69, 9.17) is 9.84 Å². The van der Waals surface area contributed by atoms with Crippen molar-refractivity contribution in [2.24, 2.45) is 0 Å². The fraction of sp³-hybridized carbons (Fsp3) is 0.250. The van der Waals surface area contributed by atoms with Gasteiger partial charge in [-0.3, -0.25) is 0 Å². The fourth-order valence-corrected chi connectivity index (χ4v) is 1.44. The van der Waals surface area contributed by atoms with Crippen molar-refractivity contribution >= 4 is 5.97 Å². The van der Waals surface area contributed by atoms with Crippen molar-refractivity contribution in [3.05, 3.63) is 41.5 Å². The third kappa shape index (κ3) is 2.59. The summed E-state index contributed by atoms with van der Waals surface area (Å²) in [6.45, 7) is 7.65. The van der Waals surface area contributed by atoms with Gasteiger partial charge < -0.3 is 9.84 Å². The predicted octanol–water partition coefficient (Wildman–Crippen LogP) is 2.57. The molecule has 1 aromatic rings. The van der Waals surface area contributed by atoms with Crippen molar-refractivity contribution in [2.75, 3.05) is 6.61 Å². The molecule has 15 heavy (non-hydrogen) atoms. The summed E-state index contributed by atoms with van der Waals surface area (Å²) >= 11 is 0. The molecule has 0 aliphatic rings. The number of carboxylic acid groups (broad SMARTS) is 1. The number of benzene rings is 1. The summed E-state index contributed by atoms with van der Waals surface area (Å²) in [5.74, 6) is -0.184. The van der Waals surface area contributed by atoms with Gasteiger partial charge in [-0.25, -0.2) is 4.79 Å². The van der Waals surface area contributed by atoms with E-state index in [0.717, 1.165) is 16.9 Å². The summed E-state index contributed by atoms with van der Waals surface area (Å²) in [7, 11) is 0. The van der Waals surface area contributed by atoms with E-state index >= 15 is 0 Å². The molecule has 0 aromatic heterocycles. The van der Waals surface area contributed by atoms with Crippen LogP contribution in [-0.4, -0.2) is 17.7 Å². The molecule has 1 rings (SSSR count). The lowest BCUT2D eigenvalue weighted by atomic mass is 10.1. The van der Waals surface area contributed by atoms with Gasteiger partial charge in [-0.1, -0.05) is 12.7 Å². The van der Waals surface area contributed by atoms with Crippen LogP contribution in [0.1, 0.15) is 21.5 Å². The Balaban J connectivity index is 3.09. The second-order valence-electron chi connectivity index (χ2n) is 3.34. The van der Waals surface area contributed by atoms with Crippen molar-refractivity contribution in [1.29, 1.82) is 0 Å². The summed E-state index contributed by atoms with van der Waals surface area (Å²) in [5.41, 5.74) is 1.94. The van der Waals surface area contributed by atoms with Crippen LogP contribution in [0, 0.1) is 13.8 Å². The van der Waals surface area contributed by atoms with Crippen LogP contribution in [0.25, 0.3) is 0 Å². The SMILES string of the molecule is C=CCOc1c(C)cc(C(=O)O)cc1C. The standard InChI is InChI=1S/C12H14O3/c1-4-5-15-11-8(2)6-10(12(13)14)7-9(11)3/h4,6-7H,1,5H2,2-3H3,(H,13,14). The zero-order valence-corrected chi connectivity index (χ0v) is 8.91. The lowest BCUT2D eigenvalue weighted by Gasteiger charge is -2.11. The Morgan fingerprint density at radius 3 is 2.40 bits per heavy atom. The number of hydrogen-bond donors (Lipinski definition) is 1. The molecule has 1 aromatic carbocycles. The van der Waals surface area contributed by atoms with E-state index < -0.39 is 5.97 Å². The predicted molar refractivity (Wildman–Crippen MR) is 58.6 cm³/mol. The second kappa shape index (κ2) is 4.64. The molecule has 0 saturated heterocycles. The van der Waals surface area contributed by atoms with Crippen molar-refractivity contribution in [2.45, 2.75) is 13.8 Å². The first-order chi connectivity index (χ1) is 7.06. The van der Waals surface area contributed by atoms with Gasteiger partial charge in [-0.2, -0.15) is 0 Å². The van der Waals surface area contributed by atoms with Gasteiger partial charge in [0.1, 0.15) is 12.4 Å². The Labute approximate surface area is 89.0 Å². The highest BCUT2D eigenvalue weighted by Crippen LogP contribution is 2.24. The topological polar surface area (TPSA) is 46.5 Å². The highest BCUT2D eigenvalue weighted by atomic mass is 16.5. The minimum absolute atomic E-state index is 0.288.